The second kappa shape index (κ2) is 10.2. The lowest BCUT2D eigenvalue weighted by atomic mass is 9.98. The number of aliphatic imine (C=N–C) groups is 1. The smallest absolute Gasteiger partial charge is 0.242 e. The Kier molecular flexibility index (Phi) is 7.97. The summed E-state index contributed by atoms with van der Waals surface area (Å²) in [5, 5.41) is 9.39. The van der Waals surface area contributed by atoms with Crippen LogP contribution in [-0.2, 0) is 11.3 Å². The molecule has 0 bridgehead atoms. The number of furan rings is 1. The first-order chi connectivity index (χ1) is 12.5. The average Bonchev–Trinajstić information content (AvgIpc) is 3.16. The lowest BCUT2D eigenvalue weighted by Crippen LogP contribution is -2.55. The van der Waals surface area contributed by atoms with Gasteiger partial charge in [-0.25, -0.2) is 4.99 Å². The van der Waals surface area contributed by atoms with Crippen LogP contribution in [0.15, 0.2) is 27.8 Å². The number of carbonyl (C=O) groups excluding carboxylic acids is 1. The molecular formula is C19H33N5O2. The minimum atomic E-state index is -0.131. The van der Waals surface area contributed by atoms with Gasteiger partial charge in [0.2, 0.25) is 5.91 Å². The molecule has 2 heterocycles. The van der Waals surface area contributed by atoms with Gasteiger partial charge in [0.15, 0.2) is 5.96 Å². The molecule has 1 aliphatic rings. The van der Waals surface area contributed by atoms with E-state index in [0.717, 1.165) is 31.9 Å². The zero-order chi connectivity index (χ0) is 18.8. The Morgan fingerprint density at radius 2 is 2.00 bits per heavy atom. The molecule has 1 aliphatic heterocycles. The summed E-state index contributed by atoms with van der Waals surface area (Å²) >= 11 is 0. The van der Waals surface area contributed by atoms with Crippen molar-refractivity contribution in [1.82, 2.24) is 20.9 Å². The van der Waals surface area contributed by atoms with E-state index in [2.05, 4.69) is 39.7 Å². The zero-order valence-electron chi connectivity index (χ0n) is 16.3. The molecule has 0 spiro atoms. The van der Waals surface area contributed by atoms with Crippen LogP contribution in [0.3, 0.4) is 0 Å². The number of piperidine rings is 1. The van der Waals surface area contributed by atoms with Gasteiger partial charge in [0.25, 0.3) is 0 Å². The minimum absolute atomic E-state index is 0.0537. The Bertz CT molecular complexity index is 562. The van der Waals surface area contributed by atoms with Gasteiger partial charge in [-0.15, -0.1) is 0 Å². The van der Waals surface area contributed by atoms with E-state index in [9.17, 15) is 4.79 Å². The molecule has 26 heavy (non-hydrogen) atoms. The van der Waals surface area contributed by atoms with E-state index in [-0.39, 0.29) is 18.0 Å². The summed E-state index contributed by atoms with van der Waals surface area (Å²) in [4.78, 5) is 18.9. The Morgan fingerprint density at radius 1 is 1.23 bits per heavy atom. The third-order valence-corrected chi connectivity index (χ3v) is 4.67. The summed E-state index contributed by atoms with van der Waals surface area (Å²) in [6, 6.07) is 3.63. The maximum atomic E-state index is 12.0. The molecule has 146 valence electrons. The van der Waals surface area contributed by atoms with Crippen molar-refractivity contribution in [2.45, 2.75) is 52.1 Å². The van der Waals surface area contributed by atoms with Gasteiger partial charge >= 0.3 is 0 Å². The topological polar surface area (TPSA) is 81.9 Å². The van der Waals surface area contributed by atoms with Gasteiger partial charge in [0.05, 0.1) is 12.8 Å². The second-order valence-corrected chi connectivity index (χ2v) is 7.26. The molecule has 1 aromatic rings. The molecular weight excluding hydrogens is 330 g/mol. The van der Waals surface area contributed by atoms with E-state index in [4.69, 9.17) is 4.42 Å². The van der Waals surface area contributed by atoms with E-state index in [1.54, 1.807) is 12.3 Å². The Balaban J connectivity index is 1.80. The monoisotopic (exact) mass is 363 g/mol. The summed E-state index contributed by atoms with van der Waals surface area (Å²) in [5.41, 5.74) is 0.0537. The Labute approximate surface area is 156 Å². The number of hydrogen-bond donors (Lipinski definition) is 3. The van der Waals surface area contributed by atoms with Crippen LogP contribution in [0.1, 0.15) is 45.8 Å². The number of nitrogens with zero attached hydrogens (tertiary/aromatic N) is 2. The van der Waals surface area contributed by atoms with Crippen molar-refractivity contribution in [2.24, 2.45) is 4.99 Å². The first-order valence-electron chi connectivity index (χ1n) is 9.57. The summed E-state index contributed by atoms with van der Waals surface area (Å²) in [6.07, 6.45) is 5.47. The van der Waals surface area contributed by atoms with Crippen molar-refractivity contribution in [3.8, 4) is 0 Å². The first-order valence-corrected chi connectivity index (χ1v) is 9.57. The predicted octanol–water partition coefficient (Wildman–Crippen LogP) is 1.72. The molecule has 7 heteroatoms. The first kappa shape index (κ1) is 20.3. The lowest BCUT2D eigenvalue weighted by Gasteiger charge is -2.41. The van der Waals surface area contributed by atoms with Crippen molar-refractivity contribution in [1.29, 1.82) is 0 Å². The van der Waals surface area contributed by atoms with Crippen molar-refractivity contribution in [3.05, 3.63) is 24.2 Å². The van der Waals surface area contributed by atoms with Gasteiger partial charge in [-0.3, -0.25) is 9.69 Å². The van der Waals surface area contributed by atoms with E-state index in [1.165, 1.54) is 19.3 Å². The lowest BCUT2D eigenvalue weighted by molar-refractivity contribution is -0.119. The van der Waals surface area contributed by atoms with Gasteiger partial charge in [-0.2, -0.15) is 0 Å². The van der Waals surface area contributed by atoms with Crippen LogP contribution in [0.4, 0.5) is 0 Å². The molecule has 2 rings (SSSR count). The van der Waals surface area contributed by atoms with E-state index in [0.29, 0.717) is 12.5 Å². The largest absolute Gasteiger partial charge is 0.467 e. The highest BCUT2D eigenvalue weighted by molar-refractivity contribution is 5.84. The average molecular weight is 364 g/mol. The molecule has 1 amide bonds. The second-order valence-electron chi connectivity index (χ2n) is 7.26. The fourth-order valence-electron chi connectivity index (χ4n) is 3.06. The van der Waals surface area contributed by atoms with Gasteiger partial charge < -0.3 is 20.4 Å². The van der Waals surface area contributed by atoms with Crippen LogP contribution < -0.4 is 16.0 Å². The Hall–Kier alpha value is -2.02. The third-order valence-electron chi connectivity index (χ3n) is 4.67. The van der Waals surface area contributed by atoms with Crippen LogP contribution in [0.25, 0.3) is 0 Å². The van der Waals surface area contributed by atoms with Crippen LogP contribution in [-0.4, -0.2) is 55.0 Å². The van der Waals surface area contributed by atoms with Gasteiger partial charge in [-0.05, 0) is 58.8 Å². The van der Waals surface area contributed by atoms with Gasteiger partial charge in [0, 0.05) is 18.6 Å². The summed E-state index contributed by atoms with van der Waals surface area (Å²) < 4.78 is 5.20. The number of rotatable bonds is 8. The Morgan fingerprint density at radius 3 is 2.65 bits per heavy atom. The molecule has 1 fully saturated rings. The number of nitrogens with one attached hydrogen (secondary N) is 3. The molecule has 0 aliphatic carbocycles. The van der Waals surface area contributed by atoms with Crippen molar-refractivity contribution < 1.29 is 9.21 Å². The molecule has 7 nitrogen and oxygen atoms in total. The minimum Gasteiger partial charge on any atom is -0.467 e. The zero-order valence-corrected chi connectivity index (χ0v) is 16.3. The van der Waals surface area contributed by atoms with E-state index >= 15 is 0 Å². The van der Waals surface area contributed by atoms with Crippen LogP contribution in [0.5, 0.6) is 0 Å². The number of amides is 1. The highest BCUT2D eigenvalue weighted by Crippen LogP contribution is 2.19. The SMILES string of the molecule is CCNC(=NCC(=O)NCc1ccco1)NCC(C)(C)N1CCCCC1. The summed E-state index contributed by atoms with van der Waals surface area (Å²) in [7, 11) is 0. The van der Waals surface area contributed by atoms with Gasteiger partial charge in [0.1, 0.15) is 12.3 Å². The molecule has 1 saturated heterocycles. The third kappa shape index (κ3) is 6.71. The van der Waals surface area contributed by atoms with Crippen LogP contribution in [0.2, 0.25) is 0 Å². The number of carbonyl (C=O) groups is 1. The van der Waals surface area contributed by atoms with Crippen molar-refractivity contribution >= 4 is 11.9 Å². The van der Waals surface area contributed by atoms with Crippen molar-refractivity contribution in [3.63, 3.8) is 0 Å². The number of guanidine groups is 1. The highest BCUT2D eigenvalue weighted by Gasteiger charge is 2.27. The molecule has 0 atom stereocenters. The quantitative estimate of drug-likeness (QED) is 0.484. The maximum Gasteiger partial charge on any atom is 0.242 e. The summed E-state index contributed by atoms with van der Waals surface area (Å²) in [5.74, 6) is 1.27. The molecule has 0 aromatic carbocycles. The highest BCUT2D eigenvalue weighted by atomic mass is 16.3. The van der Waals surface area contributed by atoms with Crippen LogP contribution in [0, 0.1) is 0 Å². The molecule has 1 aromatic heterocycles. The van der Waals surface area contributed by atoms with Gasteiger partial charge in [-0.1, -0.05) is 6.42 Å². The van der Waals surface area contributed by atoms with E-state index < -0.39 is 0 Å². The summed E-state index contributed by atoms with van der Waals surface area (Å²) in [6.45, 7) is 10.8. The molecule has 0 unspecified atom stereocenters. The maximum absolute atomic E-state index is 12.0. The fourth-order valence-corrected chi connectivity index (χ4v) is 3.06. The number of hydrogen-bond acceptors (Lipinski definition) is 4. The fraction of sp³-hybridized carbons (Fsp3) is 0.684. The molecule has 0 saturated carbocycles. The normalized spacial score (nSPS) is 16.3. The van der Waals surface area contributed by atoms with Crippen molar-refractivity contribution in [2.75, 3.05) is 32.7 Å². The van der Waals surface area contributed by atoms with E-state index in [1.807, 2.05) is 13.0 Å². The van der Waals surface area contributed by atoms with Crippen LogP contribution >= 0.6 is 0 Å². The molecule has 0 radical (unpaired) electrons. The number of likely N-dealkylation sites (tertiary alicyclic amines) is 1. The predicted molar refractivity (Wildman–Crippen MR) is 104 cm³/mol. The molecule has 3 N–H and O–H groups in total. The standard InChI is InChI=1S/C19H33N5O2/c1-4-20-18(22-14-17(25)21-13-16-9-8-12-26-16)23-15-19(2,3)24-10-6-5-7-11-24/h8-9,12H,4-7,10-11,13-15H2,1-3H3,(H,21,25)(H2,20,22,23).